The molecular formula is C58H38. The van der Waals surface area contributed by atoms with Crippen LogP contribution in [0.25, 0.3) is 110 Å². The fourth-order valence-corrected chi connectivity index (χ4v) is 8.93. The highest BCUT2D eigenvalue weighted by Crippen LogP contribution is 2.44. The van der Waals surface area contributed by atoms with Gasteiger partial charge >= 0.3 is 0 Å². The second-order valence-electron chi connectivity index (χ2n) is 15.3. The van der Waals surface area contributed by atoms with Crippen LogP contribution in [0.2, 0.25) is 0 Å². The summed E-state index contributed by atoms with van der Waals surface area (Å²) < 4.78 is 0. The normalized spacial score (nSPS) is 11.4. The van der Waals surface area contributed by atoms with Crippen LogP contribution in [0.3, 0.4) is 0 Å². The summed E-state index contributed by atoms with van der Waals surface area (Å²) in [4.78, 5) is 0. The zero-order chi connectivity index (χ0) is 38.4. The van der Waals surface area contributed by atoms with Crippen molar-refractivity contribution in [2.24, 2.45) is 0 Å². The van der Waals surface area contributed by atoms with Gasteiger partial charge in [-0.15, -0.1) is 0 Å². The van der Waals surface area contributed by atoms with Crippen molar-refractivity contribution < 1.29 is 0 Å². The minimum absolute atomic E-state index is 1.21. The van der Waals surface area contributed by atoms with Crippen molar-refractivity contribution in [2.45, 2.75) is 0 Å². The smallest absolute Gasteiger partial charge is 0.00262 e. The number of rotatable bonds is 6. The maximum absolute atomic E-state index is 2.39. The van der Waals surface area contributed by atoms with Crippen molar-refractivity contribution in [1.29, 1.82) is 0 Å². The molecule has 0 saturated carbocycles. The van der Waals surface area contributed by atoms with E-state index in [9.17, 15) is 0 Å². The van der Waals surface area contributed by atoms with Crippen molar-refractivity contribution in [3.63, 3.8) is 0 Å². The maximum Gasteiger partial charge on any atom is -0.00262 e. The molecule has 0 heteroatoms. The second kappa shape index (κ2) is 14.2. The van der Waals surface area contributed by atoms with Gasteiger partial charge in [-0.3, -0.25) is 0 Å². The number of fused-ring (bicyclic) bond motifs is 4. The summed E-state index contributed by atoms with van der Waals surface area (Å²) in [5.74, 6) is 0. The summed E-state index contributed by atoms with van der Waals surface area (Å²) in [6.45, 7) is 0. The zero-order valence-corrected chi connectivity index (χ0v) is 31.9. The Kier molecular flexibility index (Phi) is 8.26. The van der Waals surface area contributed by atoms with Gasteiger partial charge < -0.3 is 0 Å². The van der Waals surface area contributed by atoms with Gasteiger partial charge in [0, 0.05) is 0 Å². The molecule has 11 aromatic rings. The fourth-order valence-electron chi connectivity index (χ4n) is 8.93. The standard InChI is InChI=1S/C58H38/c1-4-14-39(15-5-1)50-36-51(40-16-6-2-7-17-40)38-52(37-50)46-30-26-41-24-28-44(32-48(41)34-46)45-29-25-42-27-31-47(35-49(42)33-45)58-55-22-12-10-20-53(55)57(43-18-8-3-9-19-43)54-21-11-13-23-56(54)58/h1-38H. The molecule has 270 valence electrons. The van der Waals surface area contributed by atoms with Gasteiger partial charge in [0.1, 0.15) is 0 Å². The van der Waals surface area contributed by atoms with Gasteiger partial charge in [-0.05, 0) is 152 Å². The third kappa shape index (κ3) is 6.04. The van der Waals surface area contributed by atoms with Crippen LogP contribution in [0.15, 0.2) is 231 Å². The van der Waals surface area contributed by atoms with Crippen molar-refractivity contribution >= 4 is 43.1 Å². The van der Waals surface area contributed by atoms with E-state index in [0.717, 1.165) is 0 Å². The molecule has 0 bridgehead atoms. The molecule has 11 rings (SSSR count). The lowest BCUT2D eigenvalue weighted by atomic mass is 9.85. The summed E-state index contributed by atoms with van der Waals surface area (Å²) in [6.07, 6.45) is 0. The van der Waals surface area contributed by atoms with Crippen LogP contribution in [-0.2, 0) is 0 Å². The Bertz CT molecular complexity index is 3190. The van der Waals surface area contributed by atoms with Gasteiger partial charge in [-0.1, -0.05) is 188 Å². The quantitative estimate of drug-likeness (QED) is 0.149. The molecule has 0 heterocycles. The van der Waals surface area contributed by atoms with Crippen molar-refractivity contribution in [3.8, 4) is 66.8 Å². The molecule has 0 fully saturated rings. The molecule has 0 N–H and O–H groups in total. The molecule has 0 aliphatic carbocycles. The average Bonchev–Trinajstić information content (AvgIpc) is 3.30. The molecule has 0 aromatic heterocycles. The van der Waals surface area contributed by atoms with E-state index in [0.29, 0.717) is 0 Å². The molecule has 0 nitrogen and oxygen atoms in total. The van der Waals surface area contributed by atoms with Crippen molar-refractivity contribution in [1.82, 2.24) is 0 Å². The van der Waals surface area contributed by atoms with Crippen LogP contribution >= 0.6 is 0 Å². The first kappa shape index (κ1) is 33.8. The summed E-state index contributed by atoms with van der Waals surface area (Å²) in [6, 6.07) is 84.6. The summed E-state index contributed by atoms with van der Waals surface area (Å²) in [7, 11) is 0. The van der Waals surface area contributed by atoms with Crippen LogP contribution < -0.4 is 0 Å². The fraction of sp³-hybridized carbons (Fsp3) is 0. The van der Waals surface area contributed by atoms with Crippen LogP contribution in [0.5, 0.6) is 0 Å². The first-order valence-electron chi connectivity index (χ1n) is 20.1. The highest BCUT2D eigenvalue weighted by molar-refractivity contribution is 6.21. The van der Waals surface area contributed by atoms with E-state index in [1.807, 2.05) is 0 Å². The summed E-state index contributed by atoms with van der Waals surface area (Å²) in [5.41, 5.74) is 14.8. The highest BCUT2D eigenvalue weighted by atomic mass is 14.2. The third-order valence-electron chi connectivity index (χ3n) is 11.8. The van der Waals surface area contributed by atoms with E-state index in [4.69, 9.17) is 0 Å². The average molecular weight is 735 g/mol. The predicted octanol–water partition coefficient (Wildman–Crippen LogP) is 16.3. The molecule has 0 aliphatic rings. The Morgan fingerprint density at radius 2 is 0.448 bits per heavy atom. The van der Waals surface area contributed by atoms with Gasteiger partial charge in [-0.2, -0.15) is 0 Å². The summed E-state index contributed by atoms with van der Waals surface area (Å²) in [5, 5.41) is 10.0. The Morgan fingerprint density at radius 3 is 0.862 bits per heavy atom. The van der Waals surface area contributed by atoms with Gasteiger partial charge in [0.2, 0.25) is 0 Å². The summed E-state index contributed by atoms with van der Waals surface area (Å²) >= 11 is 0. The van der Waals surface area contributed by atoms with E-state index in [2.05, 4.69) is 231 Å². The molecular weight excluding hydrogens is 697 g/mol. The topological polar surface area (TPSA) is 0 Å². The minimum atomic E-state index is 1.21. The van der Waals surface area contributed by atoms with E-state index in [1.165, 1.54) is 110 Å². The maximum atomic E-state index is 2.39. The molecule has 0 radical (unpaired) electrons. The SMILES string of the molecule is c1ccc(-c2cc(-c3ccccc3)cc(-c3ccc4ccc(-c5ccc6ccc(-c7c8ccccc8c(-c8ccccc8)c8ccccc78)cc6c5)cc4c3)c2)cc1. The van der Waals surface area contributed by atoms with Crippen LogP contribution in [0.1, 0.15) is 0 Å². The zero-order valence-electron chi connectivity index (χ0n) is 31.9. The number of hydrogen-bond donors (Lipinski definition) is 0. The van der Waals surface area contributed by atoms with Crippen LogP contribution in [0.4, 0.5) is 0 Å². The Morgan fingerprint density at radius 1 is 0.155 bits per heavy atom. The highest BCUT2D eigenvalue weighted by Gasteiger charge is 2.17. The lowest BCUT2D eigenvalue weighted by Gasteiger charge is -2.18. The van der Waals surface area contributed by atoms with E-state index < -0.39 is 0 Å². The molecule has 0 saturated heterocycles. The molecule has 0 aliphatic heterocycles. The molecule has 0 amide bonds. The predicted molar refractivity (Wildman–Crippen MR) is 249 cm³/mol. The van der Waals surface area contributed by atoms with Crippen LogP contribution in [0, 0.1) is 0 Å². The van der Waals surface area contributed by atoms with Crippen LogP contribution in [-0.4, -0.2) is 0 Å². The van der Waals surface area contributed by atoms with Crippen molar-refractivity contribution in [3.05, 3.63) is 231 Å². The Labute approximate surface area is 339 Å². The lowest BCUT2D eigenvalue weighted by Crippen LogP contribution is -1.91. The minimum Gasteiger partial charge on any atom is -0.0622 e. The van der Waals surface area contributed by atoms with Gasteiger partial charge in [-0.25, -0.2) is 0 Å². The van der Waals surface area contributed by atoms with Gasteiger partial charge in [0.05, 0.1) is 0 Å². The lowest BCUT2D eigenvalue weighted by molar-refractivity contribution is 1.57. The molecule has 0 unspecified atom stereocenters. The second-order valence-corrected chi connectivity index (χ2v) is 15.3. The van der Waals surface area contributed by atoms with Gasteiger partial charge in [0.25, 0.3) is 0 Å². The largest absolute Gasteiger partial charge is 0.0622 e. The first-order chi connectivity index (χ1) is 28.7. The third-order valence-corrected chi connectivity index (χ3v) is 11.8. The van der Waals surface area contributed by atoms with Crippen molar-refractivity contribution in [2.75, 3.05) is 0 Å². The Hall–Kier alpha value is -7.54. The van der Waals surface area contributed by atoms with E-state index in [1.54, 1.807) is 0 Å². The first-order valence-corrected chi connectivity index (χ1v) is 20.1. The Balaban J connectivity index is 1.01. The molecule has 58 heavy (non-hydrogen) atoms. The molecule has 0 atom stereocenters. The van der Waals surface area contributed by atoms with E-state index in [-0.39, 0.29) is 0 Å². The molecule has 11 aromatic carbocycles. The van der Waals surface area contributed by atoms with Gasteiger partial charge in [0.15, 0.2) is 0 Å². The number of benzene rings is 11. The van der Waals surface area contributed by atoms with E-state index >= 15 is 0 Å². The number of hydrogen-bond acceptors (Lipinski definition) is 0. The monoisotopic (exact) mass is 734 g/mol. The molecule has 0 spiro atoms.